The number of furan rings is 1. The van der Waals surface area contributed by atoms with Crippen LogP contribution >= 0.6 is 11.6 Å². The minimum absolute atomic E-state index is 0.294. The molecule has 3 heteroatoms. The van der Waals surface area contributed by atoms with Crippen LogP contribution in [0.4, 0.5) is 0 Å². The lowest BCUT2D eigenvalue weighted by molar-refractivity contribution is 0.377. The Bertz CT molecular complexity index is 530. The molecule has 0 saturated carbocycles. The molecule has 1 heterocycles. The molecule has 0 fully saturated rings. The lowest BCUT2D eigenvalue weighted by Crippen LogP contribution is -2.25. The van der Waals surface area contributed by atoms with E-state index in [4.69, 9.17) is 16.0 Å². The van der Waals surface area contributed by atoms with Gasteiger partial charge in [0.15, 0.2) is 0 Å². The van der Waals surface area contributed by atoms with Crippen LogP contribution in [0.2, 0.25) is 5.02 Å². The highest BCUT2D eigenvalue weighted by molar-refractivity contribution is 6.30. The Balaban J connectivity index is 2.04. The van der Waals surface area contributed by atoms with Crippen molar-refractivity contribution in [3.63, 3.8) is 0 Å². The van der Waals surface area contributed by atoms with Crippen LogP contribution in [0.3, 0.4) is 0 Å². The monoisotopic (exact) mass is 291 g/mol. The van der Waals surface area contributed by atoms with Gasteiger partial charge in [0.05, 0.1) is 6.54 Å². The topological polar surface area (TPSA) is 25.2 Å². The van der Waals surface area contributed by atoms with Crippen molar-refractivity contribution in [3.8, 4) is 0 Å². The molecule has 0 aliphatic carbocycles. The Morgan fingerprint density at radius 3 is 2.25 bits per heavy atom. The SMILES string of the molecule is CCc1ccc(CNC(c2ccc(Cl)cc2)C(C)C)o1. The fourth-order valence-electron chi connectivity index (χ4n) is 2.33. The third-order valence-electron chi connectivity index (χ3n) is 3.46. The lowest BCUT2D eigenvalue weighted by atomic mass is 9.96. The van der Waals surface area contributed by atoms with Crippen molar-refractivity contribution >= 4 is 11.6 Å². The maximum atomic E-state index is 5.95. The molecule has 0 bridgehead atoms. The fraction of sp³-hybridized carbons (Fsp3) is 0.412. The zero-order valence-corrected chi connectivity index (χ0v) is 13.1. The molecule has 0 saturated heterocycles. The summed E-state index contributed by atoms with van der Waals surface area (Å²) in [4.78, 5) is 0. The molecule has 1 aromatic heterocycles. The Labute approximate surface area is 126 Å². The van der Waals surface area contributed by atoms with E-state index in [-0.39, 0.29) is 0 Å². The average molecular weight is 292 g/mol. The maximum Gasteiger partial charge on any atom is 0.117 e. The molecule has 0 aliphatic rings. The van der Waals surface area contributed by atoms with Gasteiger partial charge in [0.2, 0.25) is 0 Å². The summed E-state index contributed by atoms with van der Waals surface area (Å²) in [7, 11) is 0. The van der Waals surface area contributed by atoms with Crippen molar-refractivity contribution in [1.29, 1.82) is 0 Å². The van der Waals surface area contributed by atoms with Gasteiger partial charge in [-0.15, -0.1) is 0 Å². The number of nitrogens with one attached hydrogen (secondary N) is 1. The summed E-state index contributed by atoms with van der Waals surface area (Å²) < 4.78 is 5.73. The van der Waals surface area contributed by atoms with Crippen LogP contribution in [0.15, 0.2) is 40.8 Å². The van der Waals surface area contributed by atoms with Gasteiger partial charge in [-0.05, 0) is 35.7 Å². The molecular weight excluding hydrogens is 270 g/mol. The highest BCUT2D eigenvalue weighted by atomic mass is 35.5. The van der Waals surface area contributed by atoms with E-state index in [1.54, 1.807) is 0 Å². The summed E-state index contributed by atoms with van der Waals surface area (Å²) >= 11 is 5.95. The quantitative estimate of drug-likeness (QED) is 0.812. The molecule has 2 aromatic rings. The molecule has 0 amide bonds. The molecule has 1 N–H and O–H groups in total. The highest BCUT2D eigenvalue weighted by Gasteiger charge is 2.15. The van der Waals surface area contributed by atoms with Crippen molar-refractivity contribution in [2.24, 2.45) is 5.92 Å². The van der Waals surface area contributed by atoms with E-state index in [1.807, 2.05) is 24.3 Å². The van der Waals surface area contributed by atoms with E-state index in [9.17, 15) is 0 Å². The smallest absolute Gasteiger partial charge is 0.117 e. The van der Waals surface area contributed by atoms with Crippen molar-refractivity contribution in [1.82, 2.24) is 5.32 Å². The predicted octanol–water partition coefficient (Wildman–Crippen LogP) is 4.98. The Morgan fingerprint density at radius 1 is 1.05 bits per heavy atom. The van der Waals surface area contributed by atoms with Gasteiger partial charge in [-0.3, -0.25) is 0 Å². The van der Waals surface area contributed by atoms with Crippen molar-refractivity contribution in [3.05, 3.63) is 58.5 Å². The highest BCUT2D eigenvalue weighted by Crippen LogP contribution is 2.24. The number of aryl methyl sites for hydroxylation is 1. The number of rotatable bonds is 6. The van der Waals surface area contributed by atoms with Crippen molar-refractivity contribution < 1.29 is 4.42 Å². The molecule has 20 heavy (non-hydrogen) atoms. The van der Waals surface area contributed by atoms with Gasteiger partial charge in [0.1, 0.15) is 11.5 Å². The Kier molecular flexibility index (Phi) is 5.27. The second-order valence-electron chi connectivity index (χ2n) is 5.38. The second kappa shape index (κ2) is 6.96. The minimum Gasteiger partial charge on any atom is -0.465 e. The van der Waals surface area contributed by atoms with Crippen LogP contribution in [0.25, 0.3) is 0 Å². The molecule has 2 nitrogen and oxygen atoms in total. The summed E-state index contributed by atoms with van der Waals surface area (Å²) in [5.74, 6) is 2.52. The van der Waals surface area contributed by atoms with Gasteiger partial charge in [0, 0.05) is 17.5 Å². The molecule has 0 radical (unpaired) electrons. The third-order valence-corrected chi connectivity index (χ3v) is 3.71. The number of hydrogen-bond acceptors (Lipinski definition) is 2. The zero-order valence-electron chi connectivity index (χ0n) is 12.3. The van der Waals surface area contributed by atoms with Crippen molar-refractivity contribution in [2.45, 2.75) is 39.8 Å². The largest absolute Gasteiger partial charge is 0.465 e. The van der Waals surface area contributed by atoms with Crippen LogP contribution in [-0.2, 0) is 13.0 Å². The van der Waals surface area contributed by atoms with E-state index in [0.29, 0.717) is 12.0 Å². The first kappa shape index (κ1) is 15.1. The van der Waals surface area contributed by atoms with Gasteiger partial charge in [-0.2, -0.15) is 0 Å². The fourth-order valence-corrected chi connectivity index (χ4v) is 2.45. The van der Waals surface area contributed by atoms with E-state index in [1.165, 1.54) is 5.56 Å². The summed E-state index contributed by atoms with van der Waals surface area (Å²) in [5.41, 5.74) is 1.26. The first-order chi connectivity index (χ1) is 9.60. The molecule has 0 spiro atoms. The summed E-state index contributed by atoms with van der Waals surface area (Å²) in [5, 5.41) is 4.34. The van der Waals surface area contributed by atoms with Crippen LogP contribution in [0.1, 0.15) is 43.9 Å². The minimum atomic E-state index is 0.294. The molecule has 1 unspecified atom stereocenters. The summed E-state index contributed by atoms with van der Waals surface area (Å²) in [6.45, 7) is 7.27. The second-order valence-corrected chi connectivity index (χ2v) is 5.81. The van der Waals surface area contributed by atoms with Gasteiger partial charge in [-0.1, -0.05) is 44.5 Å². The Morgan fingerprint density at radius 2 is 1.70 bits per heavy atom. The van der Waals surface area contributed by atoms with E-state index < -0.39 is 0 Å². The molecular formula is C17H22ClNO. The normalized spacial score (nSPS) is 12.8. The lowest BCUT2D eigenvalue weighted by Gasteiger charge is -2.22. The van der Waals surface area contributed by atoms with Gasteiger partial charge in [-0.25, -0.2) is 0 Å². The zero-order chi connectivity index (χ0) is 14.5. The van der Waals surface area contributed by atoms with Crippen LogP contribution < -0.4 is 5.32 Å². The van der Waals surface area contributed by atoms with Crippen LogP contribution in [0.5, 0.6) is 0 Å². The molecule has 108 valence electrons. The first-order valence-corrected chi connectivity index (χ1v) is 7.54. The number of hydrogen-bond donors (Lipinski definition) is 1. The average Bonchev–Trinajstić information content (AvgIpc) is 2.88. The van der Waals surface area contributed by atoms with Crippen LogP contribution in [0, 0.1) is 5.92 Å². The maximum absolute atomic E-state index is 5.95. The number of halogens is 1. The number of benzene rings is 1. The first-order valence-electron chi connectivity index (χ1n) is 7.16. The standard InChI is InChI=1S/C17H22ClNO/c1-4-15-9-10-16(20-15)11-19-17(12(2)3)13-5-7-14(18)8-6-13/h5-10,12,17,19H,4,11H2,1-3H3. The Hall–Kier alpha value is -1.25. The van der Waals surface area contributed by atoms with Crippen molar-refractivity contribution in [2.75, 3.05) is 0 Å². The van der Waals surface area contributed by atoms with E-state index in [0.717, 1.165) is 29.5 Å². The molecule has 2 rings (SSSR count). The third kappa shape index (κ3) is 3.87. The van der Waals surface area contributed by atoms with Gasteiger partial charge < -0.3 is 9.73 Å². The predicted molar refractivity (Wildman–Crippen MR) is 84.0 cm³/mol. The van der Waals surface area contributed by atoms with Gasteiger partial charge >= 0.3 is 0 Å². The molecule has 1 aromatic carbocycles. The molecule has 1 atom stereocenters. The summed E-state index contributed by atoms with van der Waals surface area (Å²) in [6, 6.07) is 12.4. The van der Waals surface area contributed by atoms with E-state index >= 15 is 0 Å². The van der Waals surface area contributed by atoms with Gasteiger partial charge in [0.25, 0.3) is 0 Å². The summed E-state index contributed by atoms with van der Waals surface area (Å²) in [6.07, 6.45) is 0.935. The molecule has 0 aliphatic heterocycles. The van der Waals surface area contributed by atoms with Crippen LogP contribution in [-0.4, -0.2) is 0 Å². The van der Waals surface area contributed by atoms with E-state index in [2.05, 4.69) is 38.2 Å².